The molecule has 4 aromatic rings. The monoisotopic (exact) mass is 527 g/mol. The standard InChI is InChI=1S/4C6H5.C2H3.Os/c4*1-2-4-6-5-3-1;1-2;/h4*1-5H;1H,2H2;/q5*-1;+5. The fourth-order valence-electron chi connectivity index (χ4n) is 1.37. The molecule has 0 atom stereocenters. The van der Waals surface area contributed by atoms with E-state index in [1.165, 1.54) is 0 Å². The van der Waals surface area contributed by atoms with Crippen LogP contribution in [0.2, 0.25) is 0 Å². The van der Waals surface area contributed by atoms with Gasteiger partial charge in [-0.25, -0.2) is 0 Å². The Balaban J connectivity index is 0. The van der Waals surface area contributed by atoms with E-state index < -0.39 is 0 Å². The average molecular weight is 526 g/mol. The molecule has 0 saturated carbocycles. The van der Waals surface area contributed by atoms with Crippen molar-refractivity contribution in [3.8, 4) is 0 Å². The quantitative estimate of drug-likeness (QED) is 0.229. The van der Waals surface area contributed by atoms with Crippen molar-refractivity contribution in [3.05, 3.63) is 159 Å². The van der Waals surface area contributed by atoms with E-state index in [-0.39, 0.29) is 19.8 Å². The van der Waals surface area contributed by atoms with Gasteiger partial charge in [0.1, 0.15) is 0 Å². The number of benzene rings is 4. The molecule has 1 radical (unpaired) electrons. The van der Waals surface area contributed by atoms with E-state index in [0.717, 1.165) is 0 Å². The summed E-state index contributed by atoms with van der Waals surface area (Å²) >= 11 is 0. The maximum absolute atomic E-state index is 4.25. The first-order chi connectivity index (χ1) is 13.0. The van der Waals surface area contributed by atoms with Gasteiger partial charge in [-0.05, 0) is 0 Å². The normalized spacial score (nSPS) is 7.26. The van der Waals surface area contributed by atoms with Gasteiger partial charge in [-0.3, -0.25) is 6.58 Å². The van der Waals surface area contributed by atoms with Gasteiger partial charge in [-0.15, -0.1) is 0 Å². The second-order valence-electron chi connectivity index (χ2n) is 4.31. The summed E-state index contributed by atoms with van der Waals surface area (Å²) in [6.07, 6.45) is 0. The fraction of sp³-hybridized carbons (Fsp3) is 0. The van der Waals surface area contributed by atoms with Crippen LogP contribution in [0.5, 0.6) is 0 Å². The summed E-state index contributed by atoms with van der Waals surface area (Å²) in [5.41, 5.74) is 0. The van der Waals surface area contributed by atoms with Gasteiger partial charge in [-0.1, -0.05) is 0 Å². The first-order valence-corrected chi connectivity index (χ1v) is 8.05. The van der Waals surface area contributed by atoms with Gasteiger partial charge >= 0.3 is 19.8 Å². The zero-order chi connectivity index (χ0) is 19.0. The number of rotatable bonds is 0. The molecule has 4 rings (SSSR count). The number of hydrogen-bond donors (Lipinski definition) is 0. The zero-order valence-electron chi connectivity index (χ0n) is 15.2. The summed E-state index contributed by atoms with van der Waals surface area (Å²) in [6.45, 7) is 7.00. The predicted octanol–water partition coefficient (Wildman–Crippen LogP) is 6.55. The van der Waals surface area contributed by atoms with E-state index >= 15 is 0 Å². The number of hydrogen-bond acceptors (Lipinski definition) is 0. The van der Waals surface area contributed by atoms with E-state index in [4.69, 9.17) is 0 Å². The van der Waals surface area contributed by atoms with Gasteiger partial charge in [0.05, 0.1) is 0 Å². The SMILES string of the molecule is [CH-]=C.[Os+5].[c-]1ccccc1.[c-]1ccccc1.[c-]1ccccc1.[c-]1ccccc1. The van der Waals surface area contributed by atoms with Crippen molar-refractivity contribution < 1.29 is 19.8 Å². The second kappa shape index (κ2) is 25.5. The minimum atomic E-state index is 0. The topological polar surface area (TPSA) is 0 Å². The summed E-state index contributed by atoms with van der Waals surface area (Å²) in [7, 11) is 0. The van der Waals surface area contributed by atoms with Crippen molar-refractivity contribution in [3.63, 3.8) is 0 Å². The van der Waals surface area contributed by atoms with Crippen molar-refractivity contribution in [2.45, 2.75) is 0 Å². The van der Waals surface area contributed by atoms with Crippen molar-refractivity contribution in [1.29, 1.82) is 0 Å². The van der Waals surface area contributed by atoms with E-state index in [1.54, 1.807) is 0 Å². The molecule has 1 heteroatoms. The van der Waals surface area contributed by atoms with Gasteiger partial charge in [0.2, 0.25) is 0 Å². The van der Waals surface area contributed by atoms with Crippen molar-refractivity contribution in [2.75, 3.05) is 0 Å². The minimum Gasteiger partial charge on any atom is -0.521 e. The van der Waals surface area contributed by atoms with Crippen LogP contribution in [-0.4, -0.2) is 0 Å². The molecule has 0 amide bonds. The molecule has 0 aliphatic carbocycles. The molecule has 0 saturated heterocycles. The van der Waals surface area contributed by atoms with Crippen LogP contribution in [0.4, 0.5) is 0 Å². The fourth-order valence-corrected chi connectivity index (χ4v) is 1.37. The molecule has 0 N–H and O–H groups in total. The third kappa shape index (κ3) is 23.3. The maximum atomic E-state index is 4.25. The smallest absolute Gasteiger partial charge is 0.521 e. The van der Waals surface area contributed by atoms with Crippen LogP contribution < -0.4 is 0 Å². The molecule has 0 bridgehead atoms. The Morgan fingerprint density at radius 2 is 0.481 bits per heavy atom. The molecule has 0 aliphatic rings. The predicted molar refractivity (Wildman–Crippen MR) is 111 cm³/mol. The summed E-state index contributed by atoms with van der Waals surface area (Å²) in [5.74, 6) is 0. The van der Waals surface area contributed by atoms with Crippen LogP contribution in [0.1, 0.15) is 0 Å². The van der Waals surface area contributed by atoms with E-state index in [1.807, 2.05) is 121 Å². The van der Waals surface area contributed by atoms with Gasteiger partial charge in [0, 0.05) is 0 Å². The molecule has 0 nitrogen and oxygen atoms in total. The average Bonchev–Trinajstić information content (AvgIpc) is 2.81. The van der Waals surface area contributed by atoms with Crippen molar-refractivity contribution in [1.82, 2.24) is 0 Å². The van der Waals surface area contributed by atoms with Gasteiger partial charge in [-0.2, -0.15) is 146 Å². The summed E-state index contributed by atoms with van der Waals surface area (Å²) in [6, 6.07) is 50.0. The van der Waals surface area contributed by atoms with E-state index in [2.05, 4.69) is 37.4 Å². The Kier molecular flexibility index (Phi) is 25.0. The van der Waals surface area contributed by atoms with Crippen LogP contribution in [0.3, 0.4) is 0 Å². The molecule has 0 heterocycles. The van der Waals surface area contributed by atoms with Crippen LogP contribution >= 0.6 is 0 Å². The first-order valence-electron chi connectivity index (χ1n) is 8.05. The molecule has 0 spiro atoms. The molecule has 0 fully saturated rings. The second-order valence-corrected chi connectivity index (χ2v) is 4.31. The summed E-state index contributed by atoms with van der Waals surface area (Å²) in [4.78, 5) is 0. The summed E-state index contributed by atoms with van der Waals surface area (Å²) in [5, 5.41) is 0. The zero-order valence-corrected chi connectivity index (χ0v) is 17.7. The summed E-state index contributed by atoms with van der Waals surface area (Å²) < 4.78 is 0. The van der Waals surface area contributed by atoms with Crippen LogP contribution in [0, 0.1) is 30.8 Å². The minimum absolute atomic E-state index is 0. The molecule has 4 aromatic carbocycles. The maximum Gasteiger partial charge on any atom is 5.00 e. The van der Waals surface area contributed by atoms with Crippen LogP contribution in [-0.2, 0) is 19.8 Å². The van der Waals surface area contributed by atoms with Crippen molar-refractivity contribution >= 4 is 0 Å². The largest absolute Gasteiger partial charge is 5.00 e. The molecular formula is C26H23Os. The Morgan fingerprint density at radius 1 is 0.333 bits per heavy atom. The Hall–Kier alpha value is -2.74. The molecular weight excluding hydrogens is 503 g/mol. The molecule has 0 unspecified atom stereocenters. The Labute approximate surface area is 178 Å². The van der Waals surface area contributed by atoms with Gasteiger partial charge in [0.15, 0.2) is 0 Å². The molecule has 135 valence electrons. The molecule has 27 heavy (non-hydrogen) atoms. The van der Waals surface area contributed by atoms with Gasteiger partial charge < -0.3 is 6.58 Å². The van der Waals surface area contributed by atoms with E-state index in [9.17, 15) is 0 Å². The third-order valence-corrected chi connectivity index (χ3v) is 2.43. The first kappa shape index (κ1) is 26.5. The van der Waals surface area contributed by atoms with Gasteiger partial charge in [0.25, 0.3) is 0 Å². The van der Waals surface area contributed by atoms with Crippen LogP contribution in [0.15, 0.2) is 128 Å². The molecule has 0 aromatic heterocycles. The molecule has 0 aliphatic heterocycles. The third-order valence-electron chi connectivity index (χ3n) is 2.43. The Bertz CT molecular complexity index is 435. The van der Waals surface area contributed by atoms with Crippen LogP contribution in [0.25, 0.3) is 0 Å². The van der Waals surface area contributed by atoms with Crippen molar-refractivity contribution in [2.24, 2.45) is 0 Å². The Morgan fingerprint density at radius 3 is 0.519 bits per heavy atom. The van der Waals surface area contributed by atoms with E-state index in [0.29, 0.717) is 0 Å².